The second kappa shape index (κ2) is 4.97. The molecule has 0 saturated heterocycles. The highest BCUT2D eigenvalue weighted by atomic mass is 32.2. The fourth-order valence-electron chi connectivity index (χ4n) is 1.99. The monoisotopic (exact) mass is 268 g/mol. The molecule has 1 aromatic heterocycles. The Bertz CT molecular complexity index is 495. The molecule has 1 fully saturated rings. The first-order chi connectivity index (χ1) is 8.44. The average Bonchev–Trinajstić information content (AvgIpc) is 3.14. The quantitative estimate of drug-likeness (QED) is 0.823. The lowest BCUT2D eigenvalue weighted by Crippen LogP contribution is -2.43. The maximum absolute atomic E-state index is 12.6. The van der Waals surface area contributed by atoms with Gasteiger partial charge in [0.05, 0.1) is 0 Å². The van der Waals surface area contributed by atoms with Crippen molar-refractivity contribution in [3.05, 3.63) is 24.5 Å². The molecular formula is C13H20N2O2S. The predicted octanol–water partition coefficient (Wildman–Crippen LogP) is 2.28. The van der Waals surface area contributed by atoms with Gasteiger partial charge in [-0.05, 0) is 37.8 Å². The van der Waals surface area contributed by atoms with Crippen molar-refractivity contribution in [2.24, 2.45) is 5.92 Å². The van der Waals surface area contributed by atoms with E-state index in [-0.39, 0.29) is 12.1 Å². The van der Waals surface area contributed by atoms with E-state index < -0.39 is 10.0 Å². The third-order valence-corrected chi connectivity index (χ3v) is 5.51. The largest absolute Gasteiger partial charge is 0.263 e. The molecule has 1 aromatic rings. The standard InChI is InChI=1S/C13H20N2O2S/c1-10(2)11(3)15(12-6-7-12)18(16,17)13-5-4-8-14-9-13/h4-5,8-12H,6-7H2,1-3H3/t11-/m0/s1. The molecule has 5 heteroatoms. The van der Waals surface area contributed by atoms with Gasteiger partial charge in [-0.25, -0.2) is 8.42 Å². The molecule has 18 heavy (non-hydrogen) atoms. The Balaban J connectivity index is 2.37. The van der Waals surface area contributed by atoms with E-state index in [1.54, 1.807) is 22.6 Å². The van der Waals surface area contributed by atoms with E-state index in [1.807, 2.05) is 6.92 Å². The highest BCUT2D eigenvalue weighted by Crippen LogP contribution is 2.35. The summed E-state index contributed by atoms with van der Waals surface area (Å²) in [4.78, 5) is 4.21. The minimum absolute atomic E-state index is 0.0164. The Morgan fingerprint density at radius 1 is 1.33 bits per heavy atom. The van der Waals surface area contributed by atoms with Crippen LogP contribution in [0.3, 0.4) is 0 Å². The van der Waals surface area contributed by atoms with Crippen LogP contribution in [0.4, 0.5) is 0 Å². The van der Waals surface area contributed by atoms with Crippen LogP contribution in [-0.2, 0) is 10.0 Å². The average molecular weight is 268 g/mol. The normalized spacial score (nSPS) is 18.3. The molecular weight excluding hydrogens is 248 g/mol. The smallest absolute Gasteiger partial charge is 0.245 e. The van der Waals surface area contributed by atoms with Crippen molar-refractivity contribution >= 4 is 10.0 Å². The summed E-state index contributed by atoms with van der Waals surface area (Å²) in [5, 5.41) is 0. The van der Waals surface area contributed by atoms with Crippen molar-refractivity contribution < 1.29 is 8.42 Å². The van der Waals surface area contributed by atoms with Crippen molar-refractivity contribution in [3.8, 4) is 0 Å². The number of nitrogens with zero attached hydrogens (tertiary/aromatic N) is 2. The van der Waals surface area contributed by atoms with Gasteiger partial charge in [-0.3, -0.25) is 4.98 Å². The molecule has 1 saturated carbocycles. The van der Waals surface area contributed by atoms with Gasteiger partial charge in [0, 0.05) is 24.5 Å². The minimum Gasteiger partial charge on any atom is -0.263 e. The van der Waals surface area contributed by atoms with E-state index in [2.05, 4.69) is 18.8 Å². The van der Waals surface area contributed by atoms with Crippen molar-refractivity contribution in [1.82, 2.24) is 9.29 Å². The lowest BCUT2D eigenvalue weighted by atomic mass is 10.1. The summed E-state index contributed by atoms with van der Waals surface area (Å²) in [6, 6.07) is 3.47. The first-order valence-electron chi connectivity index (χ1n) is 6.38. The van der Waals surface area contributed by atoms with Crippen molar-refractivity contribution in [2.75, 3.05) is 0 Å². The first-order valence-corrected chi connectivity index (χ1v) is 7.82. The van der Waals surface area contributed by atoms with Gasteiger partial charge >= 0.3 is 0 Å². The zero-order valence-corrected chi connectivity index (χ0v) is 11.9. The molecule has 0 aromatic carbocycles. The SMILES string of the molecule is CC(C)[C@H](C)N(C1CC1)S(=O)(=O)c1cccnc1. The zero-order chi connectivity index (χ0) is 13.3. The van der Waals surface area contributed by atoms with Gasteiger partial charge in [0.15, 0.2) is 0 Å². The molecule has 1 atom stereocenters. The summed E-state index contributed by atoms with van der Waals surface area (Å²) in [5.74, 6) is 0.303. The summed E-state index contributed by atoms with van der Waals surface area (Å²) in [7, 11) is -3.41. The fourth-order valence-corrected chi connectivity index (χ4v) is 3.96. The Morgan fingerprint density at radius 2 is 2.00 bits per heavy atom. The van der Waals surface area contributed by atoms with Gasteiger partial charge in [0.25, 0.3) is 0 Å². The molecule has 1 aliphatic carbocycles. The molecule has 100 valence electrons. The van der Waals surface area contributed by atoms with Crippen LogP contribution in [0.5, 0.6) is 0 Å². The maximum atomic E-state index is 12.6. The van der Waals surface area contributed by atoms with Crippen molar-refractivity contribution in [3.63, 3.8) is 0 Å². The number of sulfonamides is 1. The van der Waals surface area contributed by atoms with Crippen LogP contribution in [0.2, 0.25) is 0 Å². The van der Waals surface area contributed by atoms with E-state index >= 15 is 0 Å². The molecule has 4 nitrogen and oxygen atoms in total. The summed E-state index contributed by atoms with van der Waals surface area (Å²) in [6.45, 7) is 6.09. The summed E-state index contributed by atoms with van der Waals surface area (Å²) < 4.78 is 27.0. The second-order valence-electron chi connectivity index (χ2n) is 5.24. The molecule has 0 N–H and O–H groups in total. The summed E-state index contributed by atoms with van der Waals surface area (Å²) in [6.07, 6.45) is 4.96. The van der Waals surface area contributed by atoms with Crippen LogP contribution in [0.25, 0.3) is 0 Å². The van der Waals surface area contributed by atoms with E-state index in [9.17, 15) is 8.42 Å². The Kier molecular flexibility index (Phi) is 3.73. The number of rotatable bonds is 5. The highest BCUT2D eigenvalue weighted by Gasteiger charge is 2.41. The topological polar surface area (TPSA) is 50.3 Å². The fraction of sp³-hybridized carbons (Fsp3) is 0.615. The molecule has 0 spiro atoms. The van der Waals surface area contributed by atoms with E-state index in [4.69, 9.17) is 0 Å². The van der Waals surface area contributed by atoms with Crippen LogP contribution in [0.1, 0.15) is 33.6 Å². The van der Waals surface area contributed by atoms with Crippen molar-refractivity contribution in [1.29, 1.82) is 0 Å². The molecule has 0 radical (unpaired) electrons. The second-order valence-corrected chi connectivity index (χ2v) is 7.08. The van der Waals surface area contributed by atoms with Crippen LogP contribution in [0.15, 0.2) is 29.4 Å². The lowest BCUT2D eigenvalue weighted by molar-refractivity contribution is 0.269. The predicted molar refractivity (Wildman–Crippen MR) is 70.6 cm³/mol. The summed E-state index contributed by atoms with van der Waals surface area (Å²) in [5.41, 5.74) is 0. The van der Waals surface area contributed by atoms with Crippen LogP contribution < -0.4 is 0 Å². The first kappa shape index (κ1) is 13.5. The lowest BCUT2D eigenvalue weighted by Gasteiger charge is -2.30. The Hall–Kier alpha value is -0.940. The van der Waals surface area contributed by atoms with Gasteiger partial charge in [0.1, 0.15) is 4.90 Å². The number of aromatic nitrogens is 1. The molecule has 2 rings (SSSR count). The Labute approximate surface area is 109 Å². The van der Waals surface area contributed by atoms with Gasteiger partial charge in [0.2, 0.25) is 10.0 Å². The van der Waals surface area contributed by atoms with Gasteiger partial charge < -0.3 is 0 Å². The molecule has 0 unspecified atom stereocenters. The summed E-state index contributed by atoms with van der Waals surface area (Å²) >= 11 is 0. The van der Waals surface area contributed by atoms with Crippen LogP contribution in [0, 0.1) is 5.92 Å². The number of pyridine rings is 1. The molecule has 0 amide bonds. The van der Waals surface area contributed by atoms with E-state index in [0.29, 0.717) is 10.8 Å². The van der Waals surface area contributed by atoms with Crippen LogP contribution >= 0.6 is 0 Å². The van der Waals surface area contributed by atoms with Crippen LogP contribution in [-0.4, -0.2) is 29.8 Å². The van der Waals surface area contributed by atoms with Crippen molar-refractivity contribution in [2.45, 2.75) is 50.6 Å². The zero-order valence-electron chi connectivity index (χ0n) is 11.1. The molecule has 1 heterocycles. The third kappa shape index (κ3) is 2.57. The van der Waals surface area contributed by atoms with E-state index in [1.165, 1.54) is 6.20 Å². The minimum atomic E-state index is -3.41. The number of hydrogen-bond donors (Lipinski definition) is 0. The van der Waals surface area contributed by atoms with Gasteiger partial charge in [-0.1, -0.05) is 13.8 Å². The van der Waals surface area contributed by atoms with Gasteiger partial charge in [-0.15, -0.1) is 0 Å². The number of hydrogen-bond acceptors (Lipinski definition) is 3. The Morgan fingerprint density at radius 3 is 2.44 bits per heavy atom. The van der Waals surface area contributed by atoms with Gasteiger partial charge in [-0.2, -0.15) is 4.31 Å². The third-order valence-electron chi connectivity index (χ3n) is 3.48. The highest BCUT2D eigenvalue weighted by molar-refractivity contribution is 7.89. The maximum Gasteiger partial charge on any atom is 0.245 e. The molecule has 0 bridgehead atoms. The molecule has 0 aliphatic heterocycles. The molecule has 1 aliphatic rings. The van der Waals surface area contributed by atoms with E-state index in [0.717, 1.165) is 12.8 Å².